The molecule has 0 heterocycles. The highest BCUT2D eigenvalue weighted by atomic mass is 35.5. The van der Waals surface area contributed by atoms with Crippen molar-refractivity contribution >= 4 is 29.4 Å². The van der Waals surface area contributed by atoms with E-state index in [2.05, 4.69) is 10.6 Å². The van der Waals surface area contributed by atoms with E-state index in [0.29, 0.717) is 5.02 Å². The van der Waals surface area contributed by atoms with Gasteiger partial charge in [0, 0.05) is 18.5 Å². The van der Waals surface area contributed by atoms with Gasteiger partial charge in [-0.05, 0) is 31.5 Å². The van der Waals surface area contributed by atoms with Crippen molar-refractivity contribution in [2.24, 2.45) is 5.41 Å². The molecule has 0 fully saturated rings. The van der Waals surface area contributed by atoms with E-state index >= 15 is 0 Å². The molecule has 0 saturated carbocycles. The minimum absolute atomic E-state index is 0.00851. The van der Waals surface area contributed by atoms with Crippen LogP contribution in [0.1, 0.15) is 38.8 Å². The van der Waals surface area contributed by atoms with E-state index in [9.17, 15) is 14.4 Å². The lowest BCUT2D eigenvalue weighted by Crippen LogP contribution is -2.40. The molecule has 1 unspecified atom stereocenters. The molecule has 0 aliphatic carbocycles. The third-order valence-electron chi connectivity index (χ3n) is 3.35. The van der Waals surface area contributed by atoms with Gasteiger partial charge in [-0.2, -0.15) is 0 Å². The van der Waals surface area contributed by atoms with Crippen LogP contribution in [0.2, 0.25) is 5.02 Å². The minimum Gasteiger partial charge on any atom is -0.481 e. The largest absolute Gasteiger partial charge is 0.481 e. The standard InChI is InChI=1S/C16H21ClN2O4/c1-10(20)19-13(11-4-6-12(17)7-5-11)8-14(21)18-9-16(2,3)15(22)23/h4-7,13H,8-9H2,1-3H3,(H,18,21)(H,19,20)(H,22,23). The Morgan fingerprint density at radius 2 is 1.78 bits per heavy atom. The first-order valence-electron chi connectivity index (χ1n) is 7.14. The first kappa shape index (κ1) is 19.0. The lowest BCUT2D eigenvalue weighted by molar-refractivity contribution is -0.146. The molecule has 0 radical (unpaired) electrons. The first-order chi connectivity index (χ1) is 10.6. The molecule has 0 saturated heterocycles. The molecule has 126 valence electrons. The highest BCUT2D eigenvalue weighted by Gasteiger charge is 2.28. The van der Waals surface area contributed by atoms with E-state index in [1.807, 2.05) is 0 Å². The number of hydrogen-bond acceptors (Lipinski definition) is 3. The molecule has 0 aliphatic heterocycles. The average molecular weight is 341 g/mol. The number of benzene rings is 1. The van der Waals surface area contributed by atoms with Gasteiger partial charge in [-0.3, -0.25) is 14.4 Å². The quantitative estimate of drug-likeness (QED) is 0.708. The maximum atomic E-state index is 12.1. The third kappa shape index (κ3) is 6.28. The van der Waals surface area contributed by atoms with Gasteiger partial charge in [-0.15, -0.1) is 0 Å². The number of aliphatic carboxylic acids is 1. The summed E-state index contributed by atoms with van der Waals surface area (Å²) in [5.41, 5.74) is -0.309. The summed E-state index contributed by atoms with van der Waals surface area (Å²) in [4.78, 5) is 34.4. The average Bonchev–Trinajstić information content (AvgIpc) is 2.44. The molecule has 1 aromatic rings. The second-order valence-corrected chi connectivity index (χ2v) is 6.41. The van der Waals surface area contributed by atoms with Gasteiger partial charge in [0.15, 0.2) is 0 Å². The predicted molar refractivity (Wildman–Crippen MR) is 87.1 cm³/mol. The van der Waals surface area contributed by atoms with E-state index in [0.717, 1.165) is 5.56 Å². The minimum atomic E-state index is -1.06. The van der Waals surface area contributed by atoms with Gasteiger partial charge in [0.1, 0.15) is 0 Å². The molecule has 1 aromatic carbocycles. The molecule has 3 N–H and O–H groups in total. The van der Waals surface area contributed by atoms with Gasteiger partial charge >= 0.3 is 5.97 Å². The van der Waals surface area contributed by atoms with Crippen LogP contribution in [-0.2, 0) is 14.4 Å². The normalized spacial score (nSPS) is 12.3. The Kier molecular flexibility index (Phi) is 6.57. The van der Waals surface area contributed by atoms with Gasteiger partial charge in [-0.25, -0.2) is 0 Å². The number of hydrogen-bond donors (Lipinski definition) is 3. The number of carboxylic acid groups (broad SMARTS) is 1. The highest BCUT2D eigenvalue weighted by Crippen LogP contribution is 2.20. The molecular weight excluding hydrogens is 320 g/mol. The summed E-state index contributed by atoms with van der Waals surface area (Å²) in [6, 6.07) is 6.32. The molecule has 1 atom stereocenters. The zero-order valence-corrected chi connectivity index (χ0v) is 14.1. The Hall–Kier alpha value is -2.08. The van der Waals surface area contributed by atoms with Gasteiger partial charge in [0.05, 0.1) is 17.9 Å². The van der Waals surface area contributed by atoms with Crippen LogP contribution in [0.4, 0.5) is 0 Å². The molecule has 2 amide bonds. The van der Waals surface area contributed by atoms with Crippen LogP contribution < -0.4 is 10.6 Å². The number of carboxylic acids is 1. The fourth-order valence-corrected chi connectivity index (χ4v) is 1.97. The summed E-state index contributed by atoms with van der Waals surface area (Å²) < 4.78 is 0. The fourth-order valence-electron chi connectivity index (χ4n) is 1.85. The van der Waals surface area contributed by atoms with Crippen LogP contribution in [0.5, 0.6) is 0 Å². The number of amides is 2. The molecule has 23 heavy (non-hydrogen) atoms. The van der Waals surface area contributed by atoms with Crippen LogP contribution in [0.3, 0.4) is 0 Å². The van der Waals surface area contributed by atoms with Crippen LogP contribution in [0.25, 0.3) is 0 Å². The zero-order chi connectivity index (χ0) is 17.6. The molecule has 0 aromatic heterocycles. The fraction of sp³-hybridized carbons (Fsp3) is 0.438. The smallest absolute Gasteiger partial charge is 0.310 e. The number of halogens is 1. The lowest BCUT2D eigenvalue weighted by atomic mass is 9.93. The topological polar surface area (TPSA) is 95.5 Å². The summed E-state index contributed by atoms with van der Waals surface area (Å²) in [6.07, 6.45) is 0.0108. The van der Waals surface area contributed by atoms with E-state index < -0.39 is 17.4 Å². The Labute approximate surface area is 140 Å². The zero-order valence-electron chi connectivity index (χ0n) is 13.4. The molecule has 1 rings (SSSR count). The van der Waals surface area contributed by atoms with Gasteiger partial charge in [-0.1, -0.05) is 23.7 Å². The second kappa shape index (κ2) is 7.97. The van der Waals surface area contributed by atoms with E-state index in [1.54, 1.807) is 24.3 Å². The molecule has 0 aliphatic rings. The van der Waals surface area contributed by atoms with Crippen molar-refractivity contribution in [2.45, 2.75) is 33.2 Å². The summed E-state index contributed by atoms with van der Waals surface area (Å²) in [5.74, 6) is -1.59. The van der Waals surface area contributed by atoms with E-state index in [1.165, 1.54) is 20.8 Å². The van der Waals surface area contributed by atoms with Crippen LogP contribution in [-0.4, -0.2) is 29.4 Å². The van der Waals surface area contributed by atoms with Crippen molar-refractivity contribution in [3.8, 4) is 0 Å². The number of carbonyl (C=O) groups excluding carboxylic acids is 2. The van der Waals surface area contributed by atoms with Crippen LogP contribution in [0, 0.1) is 5.41 Å². The SMILES string of the molecule is CC(=O)NC(CC(=O)NCC(C)(C)C(=O)O)c1ccc(Cl)cc1. The summed E-state index contributed by atoms with van der Waals surface area (Å²) in [6.45, 7) is 4.43. The maximum absolute atomic E-state index is 12.1. The van der Waals surface area contributed by atoms with Gasteiger partial charge in [0.2, 0.25) is 11.8 Å². The number of carbonyl (C=O) groups is 3. The Bertz CT molecular complexity index is 584. The lowest BCUT2D eigenvalue weighted by Gasteiger charge is -2.22. The molecule has 0 spiro atoms. The monoisotopic (exact) mass is 340 g/mol. The highest BCUT2D eigenvalue weighted by molar-refractivity contribution is 6.30. The Morgan fingerprint density at radius 1 is 1.22 bits per heavy atom. The Balaban J connectivity index is 2.74. The summed E-state index contributed by atoms with van der Waals surface area (Å²) in [7, 11) is 0. The van der Waals surface area contributed by atoms with Gasteiger partial charge < -0.3 is 15.7 Å². The predicted octanol–water partition coefficient (Wildman–Crippen LogP) is 2.13. The second-order valence-electron chi connectivity index (χ2n) is 5.97. The van der Waals surface area contributed by atoms with E-state index in [-0.39, 0.29) is 24.8 Å². The van der Waals surface area contributed by atoms with Crippen LogP contribution >= 0.6 is 11.6 Å². The Morgan fingerprint density at radius 3 is 2.26 bits per heavy atom. The number of nitrogens with one attached hydrogen (secondary N) is 2. The van der Waals surface area contributed by atoms with Crippen molar-refractivity contribution < 1.29 is 19.5 Å². The van der Waals surface area contributed by atoms with Crippen molar-refractivity contribution in [2.75, 3.05) is 6.54 Å². The summed E-state index contributed by atoms with van der Waals surface area (Å²) in [5, 5.41) is 14.9. The molecular formula is C16H21ClN2O4. The van der Waals surface area contributed by atoms with Crippen molar-refractivity contribution in [1.29, 1.82) is 0 Å². The number of rotatable bonds is 7. The summed E-state index contributed by atoms with van der Waals surface area (Å²) >= 11 is 5.84. The van der Waals surface area contributed by atoms with Crippen molar-refractivity contribution in [1.82, 2.24) is 10.6 Å². The van der Waals surface area contributed by atoms with E-state index in [4.69, 9.17) is 16.7 Å². The van der Waals surface area contributed by atoms with Crippen LogP contribution in [0.15, 0.2) is 24.3 Å². The molecule has 0 bridgehead atoms. The van der Waals surface area contributed by atoms with Crippen molar-refractivity contribution in [3.05, 3.63) is 34.9 Å². The molecule has 7 heteroatoms. The first-order valence-corrected chi connectivity index (χ1v) is 7.52. The maximum Gasteiger partial charge on any atom is 0.310 e. The van der Waals surface area contributed by atoms with Gasteiger partial charge in [0.25, 0.3) is 0 Å². The molecule has 6 nitrogen and oxygen atoms in total. The van der Waals surface area contributed by atoms with Crippen molar-refractivity contribution in [3.63, 3.8) is 0 Å². The third-order valence-corrected chi connectivity index (χ3v) is 3.60.